The van der Waals surface area contributed by atoms with Crippen molar-refractivity contribution < 1.29 is 78.1 Å². The number of hydrogen-bond donors (Lipinski definition) is 0. The molecule has 0 bridgehead atoms. The fraction of sp³-hybridized carbons (Fsp3) is 0.364. The smallest absolute Gasteiger partial charge is 1.00 e. The van der Waals surface area contributed by atoms with Gasteiger partial charge in [0, 0.05) is 25.5 Å². The summed E-state index contributed by atoms with van der Waals surface area (Å²) in [6, 6.07) is 5.83. The minimum atomic E-state index is 0. The molecule has 0 aliphatic heterocycles. The van der Waals surface area contributed by atoms with Crippen LogP contribution in [0, 0.1) is 40.8 Å². The predicted molar refractivity (Wildman–Crippen MR) is 60.5 cm³/mol. The second kappa shape index (κ2) is 17.7. The first kappa shape index (κ1) is 27.1. The van der Waals surface area contributed by atoms with E-state index in [1.807, 2.05) is 32.0 Å². The Morgan fingerprint density at radius 3 is 1.67 bits per heavy atom. The van der Waals surface area contributed by atoms with Crippen molar-refractivity contribution in [2.24, 2.45) is 9.98 Å². The van der Waals surface area contributed by atoms with E-state index in [1.54, 1.807) is 12.4 Å². The van der Waals surface area contributed by atoms with Crippen LogP contribution in [0.1, 0.15) is 25.2 Å². The molecule has 0 saturated heterocycles. The number of nitrogens with zero attached hydrogens (tertiary/aromatic N) is 3. The maximum Gasteiger partial charge on any atom is 3.00 e. The summed E-state index contributed by atoms with van der Waals surface area (Å²) in [5.41, 5.74) is 1.76. The van der Waals surface area contributed by atoms with Crippen LogP contribution in [0.25, 0.3) is 0 Å². The molecule has 1 aromatic heterocycles. The van der Waals surface area contributed by atoms with Crippen LogP contribution in [-0.4, -0.2) is 30.5 Å². The molecule has 0 N–H and O–H groups in total. The second-order valence-electron chi connectivity index (χ2n) is 2.74. The molecule has 0 aliphatic rings. The molecular formula is C11H15Cl3N3Nd. The van der Waals surface area contributed by atoms with E-state index in [4.69, 9.17) is 0 Å². The zero-order chi connectivity index (χ0) is 10.2. The van der Waals surface area contributed by atoms with E-state index < -0.39 is 0 Å². The van der Waals surface area contributed by atoms with Crippen molar-refractivity contribution in [3.05, 3.63) is 29.6 Å². The maximum atomic E-state index is 4.35. The van der Waals surface area contributed by atoms with Crippen LogP contribution < -0.4 is 37.2 Å². The van der Waals surface area contributed by atoms with Crippen molar-refractivity contribution in [1.82, 2.24) is 4.98 Å². The monoisotopic (exact) mass is 436 g/mol. The summed E-state index contributed by atoms with van der Waals surface area (Å²) in [6.07, 6.45) is 3.56. The molecule has 1 heterocycles. The van der Waals surface area contributed by atoms with E-state index in [9.17, 15) is 0 Å². The minimum Gasteiger partial charge on any atom is -1.00 e. The number of hydrogen-bond acceptors (Lipinski definition) is 3. The third-order valence-corrected chi connectivity index (χ3v) is 1.60. The molecule has 18 heavy (non-hydrogen) atoms. The van der Waals surface area contributed by atoms with Crippen LogP contribution >= 0.6 is 0 Å². The third kappa shape index (κ3) is 11.8. The van der Waals surface area contributed by atoms with Gasteiger partial charge in [0.25, 0.3) is 0 Å². The zero-order valence-electron chi connectivity index (χ0n) is 10.3. The van der Waals surface area contributed by atoms with Crippen molar-refractivity contribution in [3.8, 4) is 0 Å². The minimum absolute atomic E-state index is 0. The van der Waals surface area contributed by atoms with Crippen molar-refractivity contribution in [3.63, 3.8) is 0 Å². The van der Waals surface area contributed by atoms with Gasteiger partial charge in [-0.2, -0.15) is 0 Å². The molecule has 7 heteroatoms. The topological polar surface area (TPSA) is 37.6 Å². The molecule has 1 radical (unpaired) electrons. The van der Waals surface area contributed by atoms with Crippen LogP contribution in [0.5, 0.6) is 0 Å². The summed E-state index contributed by atoms with van der Waals surface area (Å²) in [4.78, 5) is 12.6. The third-order valence-electron chi connectivity index (χ3n) is 1.60. The van der Waals surface area contributed by atoms with Gasteiger partial charge in [-0.1, -0.05) is 6.07 Å². The molecule has 0 aromatic carbocycles. The number of rotatable bonds is 4. The van der Waals surface area contributed by atoms with Crippen LogP contribution in [-0.2, 0) is 0 Å². The van der Waals surface area contributed by atoms with Gasteiger partial charge in [0.2, 0.25) is 0 Å². The van der Waals surface area contributed by atoms with Crippen molar-refractivity contribution in [2.75, 3.05) is 13.1 Å². The summed E-state index contributed by atoms with van der Waals surface area (Å²) in [6.45, 7) is 5.57. The molecule has 0 unspecified atom stereocenters. The second-order valence-corrected chi connectivity index (χ2v) is 2.74. The van der Waals surface area contributed by atoms with Gasteiger partial charge in [-0.15, -0.1) is 0 Å². The Labute approximate surface area is 160 Å². The van der Waals surface area contributed by atoms with Gasteiger partial charge in [0.15, 0.2) is 0 Å². The molecule has 0 aliphatic carbocycles. The first-order valence-electron chi connectivity index (χ1n) is 4.83. The van der Waals surface area contributed by atoms with E-state index in [-0.39, 0.29) is 78.1 Å². The predicted octanol–water partition coefficient (Wildman–Crippen LogP) is -7.03. The largest absolute Gasteiger partial charge is 3.00 e. The van der Waals surface area contributed by atoms with Gasteiger partial charge in [0.1, 0.15) is 0 Å². The van der Waals surface area contributed by atoms with E-state index >= 15 is 0 Å². The Morgan fingerprint density at radius 1 is 0.944 bits per heavy atom. The van der Waals surface area contributed by atoms with E-state index in [1.165, 1.54) is 0 Å². The number of aromatic nitrogens is 1. The maximum absolute atomic E-state index is 4.35. The molecule has 3 nitrogen and oxygen atoms in total. The average Bonchev–Trinajstić information content (AvgIpc) is 2.24. The Morgan fingerprint density at radius 2 is 1.33 bits per heavy atom. The molecule has 0 spiro atoms. The zero-order valence-corrected chi connectivity index (χ0v) is 15.8. The normalized spacial score (nSPS) is 9.00. The molecule has 0 fully saturated rings. The van der Waals surface area contributed by atoms with Crippen LogP contribution in [0.3, 0.4) is 0 Å². The van der Waals surface area contributed by atoms with Gasteiger partial charge in [-0.3, -0.25) is 9.98 Å². The number of halogens is 3. The summed E-state index contributed by atoms with van der Waals surface area (Å²) >= 11 is 0. The van der Waals surface area contributed by atoms with E-state index in [0.29, 0.717) is 0 Å². The number of pyridine rings is 1. The van der Waals surface area contributed by atoms with Crippen LogP contribution in [0.4, 0.5) is 0 Å². The van der Waals surface area contributed by atoms with Crippen molar-refractivity contribution >= 4 is 12.4 Å². The SMILES string of the molecule is CCN=Cc1cccc(C=NCC)n1.[Cl-].[Cl-].[Cl-].[Nd+3]. The van der Waals surface area contributed by atoms with Gasteiger partial charge >= 0.3 is 40.8 Å². The summed E-state index contributed by atoms with van der Waals surface area (Å²) in [7, 11) is 0. The first-order valence-corrected chi connectivity index (χ1v) is 4.83. The standard InChI is InChI=1S/C11H15N3.3ClH.Nd/c1-3-12-8-10-6-5-7-11(14-10)9-13-4-2;;;;/h5-9H,3-4H2,1-2H3;3*1H;/q;;;;+3/p-3. The average molecular weight is 440 g/mol. The first-order chi connectivity index (χ1) is 6.86. The fourth-order valence-electron chi connectivity index (χ4n) is 0.982. The number of aliphatic imine (C=N–C) groups is 2. The summed E-state index contributed by atoms with van der Waals surface area (Å²) < 4.78 is 0. The molecule has 1 rings (SSSR count). The van der Waals surface area contributed by atoms with Gasteiger partial charge in [-0.25, -0.2) is 4.98 Å². The van der Waals surface area contributed by atoms with Crippen molar-refractivity contribution in [2.45, 2.75) is 13.8 Å². The molecule has 0 amide bonds. The van der Waals surface area contributed by atoms with Crippen LogP contribution in [0.15, 0.2) is 28.2 Å². The van der Waals surface area contributed by atoms with Gasteiger partial charge in [-0.05, 0) is 26.0 Å². The van der Waals surface area contributed by atoms with E-state index in [0.717, 1.165) is 24.5 Å². The van der Waals surface area contributed by atoms with Crippen LogP contribution in [0.2, 0.25) is 0 Å². The summed E-state index contributed by atoms with van der Waals surface area (Å²) in [5.74, 6) is 0. The van der Waals surface area contributed by atoms with Gasteiger partial charge < -0.3 is 37.2 Å². The molecule has 99 valence electrons. The van der Waals surface area contributed by atoms with Crippen molar-refractivity contribution in [1.29, 1.82) is 0 Å². The van der Waals surface area contributed by atoms with Gasteiger partial charge in [0.05, 0.1) is 11.4 Å². The fourth-order valence-corrected chi connectivity index (χ4v) is 0.982. The molecule has 0 saturated carbocycles. The Balaban J connectivity index is -0.000000245. The summed E-state index contributed by atoms with van der Waals surface area (Å²) in [5, 5.41) is 0. The molecule has 1 aromatic rings. The Bertz CT molecular complexity index is 317. The molecule has 0 atom stereocenters. The van der Waals surface area contributed by atoms with E-state index in [2.05, 4.69) is 15.0 Å². The quantitative estimate of drug-likeness (QED) is 0.430. The Kier molecular flexibility index (Phi) is 26.7. The Hall–Kier alpha value is 0.711. The molecular weight excluding hydrogens is 425 g/mol.